The average molecular weight is 267 g/mol. The van der Waals surface area contributed by atoms with Crippen LogP contribution < -0.4 is 5.32 Å². The molecule has 1 N–H and O–H groups in total. The molecular formula is C14H21NO2S. The van der Waals surface area contributed by atoms with Crippen LogP contribution in [0.1, 0.15) is 44.5 Å². The molecule has 1 aliphatic carbocycles. The van der Waals surface area contributed by atoms with E-state index in [0.29, 0.717) is 0 Å². The SMILES string of the molecule is CC(C)O[C@@H]1C[C@H](NC(=O)c2ccsc2)C1(C)C. The summed E-state index contributed by atoms with van der Waals surface area (Å²) in [5.41, 5.74) is 0.764. The smallest absolute Gasteiger partial charge is 0.252 e. The predicted molar refractivity (Wildman–Crippen MR) is 74.0 cm³/mol. The lowest BCUT2D eigenvalue weighted by molar-refractivity contribution is -0.136. The van der Waals surface area contributed by atoms with Crippen LogP contribution in [0.25, 0.3) is 0 Å². The second kappa shape index (κ2) is 5.02. The minimum Gasteiger partial charge on any atom is -0.375 e. The van der Waals surface area contributed by atoms with E-state index in [4.69, 9.17) is 4.74 Å². The number of amides is 1. The third kappa shape index (κ3) is 2.59. The maximum absolute atomic E-state index is 12.0. The zero-order valence-electron chi connectivity index (χ0n) is 11.4. The molecule has 0 aromatic carbocycles. The second-order valence-corrected chi connectivity index (χ2v) is 6.55. The van der Waals surface area contributed by atoms with E-state index in [1.165, 1.54) is 0 Å². The number of carbonyl (C=O) groups excluding carboxylic acids is 1. The zero-order chi connectivity index (χ0) is 13.3. The normalized spacial score (nSPS) is 25.8. The standard InChI is InChI=1S/C14H21NO2S/c1-9(2)17-12-7-11(14(12,3)4)15-13(16)10-5-6-18-8-10/h5-6,8-9,11-12H,7H2,1-4H3,(H,15,16)/t11-,12+/m0/s1. The first-order chi connectivity index (χ1) is 8.41. The van der Waals surface area contributed by atoms with E-state index in [2.05, 4.69) is 19.2 Å². The van der Waals surface area contributed by atoms with E-state index in [1.807, 2.05) is 30.7 Å². The topological polar surface area (TPSA) is 38.3 Å². The van der Waals surface area contributed by atoms with Gasteiger partial charge in [0.25, 0.3) is 5.91 Å². The Morgan fingerprint density at radius 2 is 2.28 bits per heavy atom. The van der Waals surface area contributed by atoms with E-state index >= 15 is 0 Å². The number of hydrogen-bond acceptors (Lipinski definition) is 3. The van der Waals surface area contributed by atoms with Crippen LogP contribution in [0.4, 0.5) is 0 Å². The quantitative estimate of drug-likeness (QED) is 0.910. The van der Waals surface area contributed by atoms with Crippen molar-refractivity contribution in [1.82, 2.24) is 5.32 Å². The molecule has 1 fully saturated rings. The minimum absolute atomic E-state index is 0.00987. The molecule has 2 rings (SSSR count). The molecule has 3 nitrogen and oxygen atoms in total. The van der Waals surface area contributed by atoms with Crippen molar-refractivity contribution in [2.24, 2.45) is 5.41 Å². The first kappa shape index (κ1) is 13.6. The fraction of sp³-hybridized carbons (Fsp3) is 0.643. The van der Waals surface area contributed by atoms with Gasteiger partial charge in [0.05, 0.1) is 12.2 Å². The molecule has 1 aromatic heterocycles. The molecule has 0 saturated heterocycles. The van der Waals surface area contributed by atoms with Crippen molar-refractivity contribution in [3.63, 3.8) is 0 Å². The highest BCUT2D eigenvalue weighted by atomic mass is 32.1. The Hall–Kier alpha value is -0.870. The molecule has 0 spiro atoms. The van der Waals surface area contributed by atoms with Crippen LogP contribution in [0.15, 0.2) is 16.8 Å². The predicted octanol–water partition coefficient (Wildman–Crippen LogP) is 3.07. The number of carbonyl (C=O) groups is 1. The van der Waals surface area contributed by atoms with Gasteiger partial charge in [-0.3, -0.25) is 4.79 Å². The first-order valence-corrected chi connectivity index (χ1v) is 7.34. The summed E-state index contributed by atoms with van der Waals surface area (Å²) in [6, 6.07) is 2.06. The van der Waals surface area contributed by atoms with Gasteiger partial charge in [0.1, 0.15) is 0 Å². The van der Waals surface area contributed by atoms with Gasteiger partial charge in [-0.2, -0.15) is 11.3 Å². The van der Waals surface area contributed by atoms with Gasteiger partial charge < -0.3 is 10.1 Å². The van der Waals surface area contributed by atoms with Crippen molar-refractivity contribution in [3.8, 4) is 0 Å². The Labute approximate surface area is 113 Å². The summed E-state index contributed by atoms with van der Waals surface area (Å²) >= 11 is 1.54. The molecule has 0 bridgehead atoms. The Morgan fingerprint density at radius 3 is 2.78 bits per heavy atom. The van der Waals surface area contributed by atoms with Crippen LogP contribution >= 0.6 is 11.3 Å². The van der Waals surface area contributed by atoms with E-state index in [0.717, 1.165) is 12.0 Å². The van der Waals surface area contributed by atoms with Gasteiger partial charge in [-0.05, 0) is 31.7 Å². The number of nitrogens with one attached hydrogen (secondary N) is 1. The summed E-state index contributed by atoms with van der Waals surface area (Å²) in [6.45, 7) is 8.41. The van der Waals surface area contributed by atoms with Crippen molar-refractivity contribution in [3.05, 3.63) is 22.4 Å². The third-order valence-corrected chi connectivity index (χ3v) is 4.39. The van der Waals surface area contributed by atoms with Gasteiger partial charge in [0, 0.05) is 22.4 Å². The van der Waals surface area contributed by atoms with Crippen molar-refractivity contribution in [2.45, 2.75) is 52.4 Å². The molecule has 1 aliphatic rings. The molecule has 0 aliphatic heterocycles. The van der Waals surface area contributed by atoms with Crippen molar-refractivity contribution in [1.29, 1.82) is 0 Å². The van der Waals surface area contributed by atoms with Crippen LogP contribution in [-0.2, 0) is 4.74 Å². The molecule has 100 valence electrons. The van der Waals surface area contributed by atoms with E-state index in [-0.39, 0.29) is 29.6 Å². The second-order valence-electron chi connectivity index (χ2n) is 5.77. The Bertz CT molecular complexity index is 411. The average Bonchev–Trinajstić information content (AvgIpc) is 2.80. The van der Waals surface area contributed by atoms with Crippen LogP contribution in [0.3, 0.4) is 0 Å². The van der Waals surface area contributed by atoms with Gasteiger partial charge in [-0.25, -0.2) is 0 Å². The molecular weight excluding hydrogens is 246 g/mol. The monoisotopic (exact) mass is 267 g/mol. The Morgan fingerprint density at radius 1 is 1.56 bits per heavy atom. The molecule has 4 heteroatoms. The zero-order valence-corrected chi connectivity index (χ0v) is 12.2. The Balaban J connectivity index is 1.91. The summed E-state index contributed by atoms with van der Waals surface area (Å²) < 4.78 is 5.85. The lowest BCUT2D eigenvalue weighted by atomic mass is 9.64. The van der Waals surface area contributed by atoms with Gasteiger partial charge in [0.2, 0.25) is 0 Å². The summed E-state index contributed by atoms with van der Waals surface area (Å²) in [7, 11) is 0. The molecule has 1 saturated carbocycles. The van der Waals surface area contributed by atoms with Crippen LogP contribution in [0.5, 0.6) is 0 Å². The molecule has 2 atom stereocenters. The molecule has 18 heavy (non-hydrogen) atoms. The minimum atomic E-state index is 0.00987. The number of ether oxygens (including phenoxy) is 1. The largest absolute Gasteiger partial charge is 0.375 e. The fourth-order valence-corrected chi connectivity index (χ4v) is 2.96. The van der Waals surface area contributed by atoms with Crippen LogP contribution in [-0.4, -0.2) is 24.2 Å². The molecule has 0 unspecified atom stereocenters. The van der Waals surface area contributed by atoms with Crippen LogP contribution in [0.2, 0.25) is 0 Å². The Kier molecular flexibility index (Phi) is 3.78. The fourth-order valence-electron chi connectivity index (χ4n) is 2.33. The van der Waals surface area contributed by atoms with Crippen molar-refractivity contribution >= 4 is 17.2 Å². The molecule has 0 radical (unpaired) electrons. The van der Waals surface area contributed by atoms with Gasteiger partial charge in [-0.1, -0.05) is 13.8 Å². The molecule has 1 amide bonds. The van der Waals surface area contributed by atoms with Gasteiger partial charge in [-0.15, -0.1) is 0 Å². The summed E-state index contributed by atoms with van der Waals surface area (Å²) in [6.07, 6.45) is 1.38. The highest BCUT2D eigenvalue weighted by molar-refractivity contribution is 7.08. The van der Waals surface area contributed by atoms with Crippen molar-refractivity contribution < 1.29 is 9.53 Å². The highest BCUT2D eigenvalue weighted by Gasteiger charge is 2.50. The van der Waals surface area contributed by atoms with E-state index < -0.39 is 0 Å². The number of thiophene rings is 1. The molecule has 1 heterocycles. The maximum atomic E-state index is 12.0. The number of hydrogen-bond donors (Lipinski definition) is 1. The lowest BCUT2D eigenvalue weighted by Gasteiger charge is -2.52. The van der Waals surface area contributed by atoms with Gasteiger partial charge in [0.15, 0.2) is 0 Å². The van der Waals surface area contributed by atoms with Crippen LogP contribution in [0, 0.1) is 5.41 Å². The highest BCUT2D eigenvalue weighted by Crippen LogP contribution is 2.43. The first-order valence-electron chi connectivity index (χ1n) is 6.39. The summed E-state index contributed by atoms with van der Waals surface area (Å²) in [5.74, 6) is 0.0253. The molecule has 1 aromatic rings. The summed E-state index contributed by atoms with van der Waals surface area (Å²) in [4.78, 5) is 12.0. The van der Waals surface area contributed by atoms with Gasteiger partial charge >= 0.3 is 0 Å². The van der Waals surface area contributed by atoms with E-state index in [9.17, 15) is 4.79 Å². The van der Waals surface area contributed by atoms with E-state index in [1.54, 1.807) is 11.3 Å². The van der Waals surface area contributed by atoms with Crippen molar-refractivity contribution in [2.75, 3.05) is 0 Å². The lowest BCUT2D eigenvalue weighted by Crippen LogP contribution is -2.62. The summed E-state index contributed by atoms with van der Waals surface area (Å²) in [5, 5.41) is 6.90. The number of rotatable bonds is 4. The maximum Gasteiger partial charge on any atom is 0.252 e. The third-order valence-electron chi connectivity index (χ3n) is 3.70.